The van der Waals surface area contributed by atoms with E-state index in [4.69, 9.17) is 9.47 Å². The highest BCUT2D eigenvalue weighted by Gasteiger charge is 2.09. The van der Waals surface area contributed by atoms with E-state index in [9.17, 15) is 4.79 Å². The molecule has 4 heteroatoms. The van der Waals surface area contributed by atoms with Crippen LogP contribution in [-0.4, -0.2) is 31.3 Å². The van der Waals surface area contributed by atoms with Crippen LogP contribution in [0.1, 0.15) is 19.3 Å². The van der Waals surface area contributed by atoms with Gasteiger partial charge >= 0.3 is 6.09 Å². The lowest BCUT2D eigenvalue weighted by Gasteiger charge is -2.14. The van der Waals surface area contributed by atoms with Crippen LogP contribution in [0, 0.1) is 0 Å². The second-order valence-corrected chi connectivity index (χ2v) is 3.21. The summed E-state index contributed by atoms with van der Waals surface area (Å²) in [6.45, 7) is 0.709. The molecule has 4 nitrogen and oxygen atoms in total. The second kappa shape index (κ2) is 7.06. The monoisotopic (exact) mass is 211 g/mol. The van der Waals surface area contributed by atoms with Gasteiger partial charge < -0.3 is 9.47 Å². The van der Waals surface area contributed by atoms with Crippen LogP contribution in [0.4, 0.5) is 4.79 Å². The summed E-state index contributed by atoms with van der Waals surface area (Å²) in [6.07, 6.45) is 10.2. The van der Waals surface area contributed by atoms with Gasteiger partial charge in [-0.1, -0.05) is 12.2 Å². The zero-order chi connectivity index (χ0) is 10.9. The van der Waals surface area contributed by atoms with Gasteiger partial charge in [0, 0.05) is 19.5 Å². The highest BCUT2D eigenvalue weighted by Crippen LogP contribution is 2.06. The van der Waals surface area contributed by atoms with Crippen molar-refractivity contribution in [2.75, 3.05) is 20.3 Å². The van der Waals surface area contributed by atoms with E-state index < -0.39 is 0 Å². The molecule has 0 bridgehead atoms. The van der Waals surface area contributed by atoms with Gasteiger partial charge in [-0.3, -0.25) is 4.90 Å². The van der Waals surface area contributed by atoms with Crippen molar-refractivity contribution in [1.82, 2.24) is 4.90 Å². The topological polar surface area (TPSA) is 38.8 Å². The van der Waals surface area contributed by atoms with Gasteiger partial charge in [0.25, 0.3) is 0 Å². The molecule has 0 N–H and O–H groups in total. The molecule has 0 aromatic heterocycles. The maximum Gasteiger partial charge on any atom is 0.418 e. The Balaban J connectivity index is 2.38. The van der Waals surface area contributed by atoms with Gasteiger partial charge in [0.05, 0.1) is 6.61 Å². The summed E-state index contributed by atoms with van der Waals surface area (Å²) in [5, 5.41) is 0. The van der Waals surface area contributed by atoms with Gasteiger partial charge in [0.15, 0.2) is 0 Å². The first kappa shape index (κ1) is 11.8. The number of amides is 1. The molecule has 1 aliphatic heterocycles. The fourth-order valence-corrected chi connectivity index (χ4v) is 1.19. The zero-order valence-corrected chi connectivity index (χ0v) is 9.02. The van der Waals surface area contributed by atoms with Gasteiger partial charge in [-0.05, 0) is 19.3 Å². The molecule has 0 aliphatic carbocycles. The molecule has 0 atom stereocenters. The van der Waals surface area contributed by atoms with Crippen LogP contribution in [-0.2, 0) is 9.47 Å². The first-order valence-electron chi connectivity index (χ1n) is 5.12. The molecule has 0 aromatic rings. The van der Waals surface area contributed by atoms with E-state index in [0.717, 1.165) is 19.3 Å². The fourth-order valence-electron chi connectivity index (χ4n) is 1.19. The molecule has 0 fully saturated rings. The zero-order valence-electron chi connectivity index (χ0n) is 9.02. The van der Waals surface area contributed by atoms with Crippen molar-refractivity contribution in [2.24, 2.45) is 0 Å². The molecule has 84 valence electrons. The number of carbonyl (C=O) groups excluding carboxylic acids is 1. The predicted octanol–water partition coefficient (Wildman–Crippen LogP) is 2.28. The minimum atomic E-state index is -0.360. The maximum atomic E-state index is 11.5. The number of ether oxygens (including phenoxy) is 2. The first-order valence-corrected chi connectivity index (χ1v) is 5.12. The Hall–Kier alpha value is -1.29. The predicted molar refractivity (Wildman–Crippen MR) is 57.2 cm³/mol. The van der Waals surface area contributed by atoms with Crippen molar-refractivity contribution < 1.29 is 14.3 Å². The van der Waals surface area contributed by atoms with Crippen LogP contribution >= 0.6 is 0 Å². The fraction of sp³-hybridized carbons (Fsp3) is 0.545. The number of carbonyl (C=O) groups is 1. The SMILES string of the molecule is COCCOC(=O)N1C=CCCC/C=C\1. The first-order chi connectivity index (χ1) is 7.34. The summed E-state index contributed by atoms with van der Waals surface area (Å²) >= 11 is 0. The van der Waals surface area contributed by atoms with Crippen LogP contribution in [0.15, 0.2) is 24.6 Å². The van der Waals surface area contributed by atoms with Gasteiger partial charge in [-0.2, -0.15) is 0 Å². The van der Waals surface area contributed by atoms with E-state index in [-0.39, 0.29) is 12.7 Å². The molecule has 1 heterocycles. The molecule has 0 saturated heterocycles. The summed E-state index contributed by atoms with van der Waals surface area (Å²) in [6, 6.07) is 0. The van der Waals surface area contributed by atoms with Crippen LogP contribution in [0.2, 0.25) is 0 Å². The Kier molecular flexibility index (Phi) is 5.55. The molecule has 0 radical (unpaired) electrons. The third-order valence-electron chi connectivity index (χ3n) is 2.00. The molecule has 1 aliphatic rings. The molecule has 1 amide bonds. The highest BCUT2D eigenvalue weighted by molar-refractivity contribution is 5.70. The van der Waals surface area contributed by atoms with E-state index in [0.29, 0.717) is 6.61 Å². The largest absolute Gasteiger partial charge is 0.446 e. The third kappa shape index (κ3) is 4.65. The summed E-state index contributed by atoms with van der Waals surface area (Å²) in [5.74, 6) is 0. The Morgan fingerprint density at radius 2 is 1.93 bits per heavy atom. The number of hydrogen-bond acceptors (Lipinski definition) is 3. The molecule has 15 heavy (non-hydrogen) atoms. The average molecular weight is 211 g/mol. The van der Waals surface area contributed by atoms with E-state index >= 15 is 0 Å². The molecular weight excluding hydrogens is 194 g/mol. The minimum absolute atomic E-state index is 0.285. The van der Waals surface area contributed by atoms with Crippen molar-refractivity contribution in [3.05, 3.63) is 24.6 Å². The van der Waals surface area contributed by atoms with Crippen LogP contribution in [0.3, 0.4) is 0 Å². The van der Waals surface area contributed by atoms with Crippen LogP contribution in [0.25, 0.3) is 0 Å². The lowest BCUT2D eigenvalue weighted by atomic mass is 10.2. The number of methoxy groups -OCH3 is 1. The maximum absolute atomic E-state index is 11.5. The Morgan fingerprint density at radius 1 is 1.27 bits per heavy atom. The third-order valence-corrected chi connectivity index (χ3v) is 2.00. The molecule has 0 unspecified atom stereocenters. The average Bonchev–Trinajstić information content (AvgIpc) is 2.17. The molecule has 1 rings (SSSR count). The summed E-state index contributed by atoms with van der Waals surface area (Å²) < 4.78 is 9.77. The van der Waals surface area contributed by atoms with Crippen molar-refractivity contribution in [3.8, 4) is 0 Å². The summed E-state index contributed by atoms with van der Waals surface area (Å²) in [7, 11) is 1.57. The molecule has 0 saturated carbocycles. The summed E-state index contributed by atoms with van der Waals surface area (Å²) in [5.41, 5.74) is 0. The normalized spacial score (nSPS) is 18.1. The van der Waals surface area contributed by atoms with E-state index in [1.807, 2.05) is 12.2 Å². The lowest BCUT2D eigenvalue weighted by molar-refractivity contribution is 0.0873. The van der Waals surface area contributed by atoms with Gasteiger partial charge in [0.2, 0.25) is 0 Å². The number of nitrogens with zero attached hydrogens (tertiary/aromatic N) is 1. The second-order valence-electron chi connectivity index (χ2n) is 3.21. The van der Waals surface area contributed by atoms with Crippen molar-refractivity contribution in [1.29, 1.82) is 0 Å². The Morgan fingerprint density at radius 3 is 2.53 bits per heavy atom. The Bertz CT molecular complexity index is 234. The van der Waals surface area contributed by atoms with Gasteiger partial charge in [0.1, 0.15) is 6.61 Å². The van der Waals surface area contributed by atoms with Crippen LogP contribution in [0.5, 0.6) is 0 Å². The molecule has 0 aromatic carbocycles. The van der Waals surface area contributed by atoms with Crippen molar-refractivity contribution in [3.63, 3.8) is 0 Å². The van der Waals surface area contributed by atoms with Crippen molar-refractivity contribution >= 4 is 6.09 Å². The van der Waals surface area contributed by atoms with Gasteiger partial charge in [-0.15, -0.1) is 0 Å². The molecule has 0 spiro atoms. The van der Waals surface area contributed by atoms with Crippen LogP contribution < -0.4 is 0 Å². The number of rotatable bonds is 3. The quantitative estimate of drug-likeness (QED) is 0.672. The van der Waals surface area contributed by atoms with Crippen molar-refractivity contribution in [2.45, 2.75) is 19.3 Å². The number of hydrogen-bond donors (Lipinski definition) is 0. The Labute approximate surface area is 90.2 Å². The highest BCUT2D eigenvalue weighted by atomic mass is 16.6. The lowest BCUT2D eigenvalue weighted by Crippen LogP contribution is -2.23. The number of allylic oxidation sites excluding steroid dienone is 2. The summed E-state index contributed by atoms with van der Waals surface area (Å²) in [4.78, 5) is 12.9. The van der Waals surface area contributed by atoms with E-state index in [1.54, 1.807) is 19.5 Å². The van der Waals surface area contributed by atoms with E-state index in [2.05, 4.69) is 0 Å². The molecular formula is C11H17NO3. The smallest absolute Gasteiger partial charge is 0.418 e. The van der Waals surface area contributed by atoms with E-state index in [1.165, 1.54) is 4.90 Å². The standard InChI is InChI=1S/C11H17NO3/c1-14-9-10-15-11(13)12-7-5-3-2-4-6-8-12/h5-8H,2-4,9-10H2,1H3/b7-5-,8-6?. The van der Waals surface area contributed by atoms with Gasteiger partial charge in [-0.25, -0.2) is 4.79 Å². The minimum Gasteiger partial charge on any atom is -0.446 e.